The van der Waals surface area contributed by atoms with Crippen molar-refractivity contribution in [2.45, 2.75) is 66.6 Å². The van der Waals surface area contributed by atoms with Crippen LogP contribution < -0.4 is 10.6 Å². The molecule has 2 unspecified atom stereocenters. The van der Waals surface area contributed by atoms with E-state index in [9.17, 15) is 18.7 Å². The van der Waals surface area contributed by atoms with Gasteiger partial charge in [0, 0.05) is 35.7 Å². The third-order valence-corrected chi connectivity index (χ3v) is 10.3. The van der Waals surface area contributed by atoms with Crippen molar-refractivity contribution >= 4 is 28.5 Å². The van der Waals surface area contributed by atoms with E-state index in [1.807, 2.05) is 44.2 Å². The van der Waals surface area contributed by atoms with Gasteiger partial charge >= 0.3 is 0 Å². The first-order valence-corrected chi connectivity index (χ1v) is 16.7. The molecule has 1 aromatic rings. The SMILES string of the molecule is C=CC(CC=CCS(O)(O)C1C=C2C(=CC1)NC(=O)C2=Cc1[nH]c(C)c(C(=O)NCCN(CC)CC)c1C)C(C)(C)C. The quantitative estimate of drug-likeness (QED) is 0.134. The maximum atomic E-state index is 13.0. The van der Waals surface area contributed by atoms with Crippen LogP contribution in [0.25, 0.3) is 6.08 Å². The van der Waals surface area contributed by atoms with Gasteiger partial charge in [-0.2, -0.15) is 10.6 Å². The summed E-state index contributed by atoms with van der Waals surface area (Å²) in [7, 11) is -2.98. The van der Waals surface area contributed by atoms with Crippen LogP contribution >= 0.6 is 10.6 Å². The van der Waals surface area contributed by atoms with E-state index in [4.69, 9.17) is 0 Å². The van der Waals surface area contributed by atoms with Gasteiger partial charge in [-0.25, -0.2) is 0 Å². The van der Waals surface area contributed by atoms with E-state index in [2.05, 4.69) is 61.7 Å². The highest BCUT2D eigenvalue weighted by Gasteiger charge is 2.34. The van der Waals surface area contributed by atoms with Gasteiger partial charge in [0.15, 0.2) is 0 Å². The fourth-order valence-electron chi connectivity index (χ4n) is 5.50. The average molecular weight is 599 g/mol. The minimum Gasteiger partial charge on any atom is -0.358 e. The summed E-state index contributed by atoms with van der Waals surface area (Å²) in [6, 6.07) is 0. The highest BCUT2D eigenvalue weighted by atomic mass is 32.3. The first-order chi connectivity index (χ1) is 19.7. The van der Waals surface area contributed by atoms with E-state index >= 15 is 0 Å². The molecule has 0 aromatic carbocycles. The number of hydrogen-bond acceptors (Lipinski definition) is 5. The van der Waals surface area contributed by atoms with Crippen molar-refractivity contribution in [1.29, 1.82) is 0 Å². The van der Waals surface area contributed by atoms with E-state index in [1.54, 1.807) is 6.08 Å². The largest absolute Gasteiger partial charge is 0.358 e. The van der Waals surface area contributed by atoms with Crippen LogP contribution in [0.15, 0.2) is 53.8 Å². The molecule has 1 aromatic heterocycles. The Bertz CT molecular complexity index is 1290. The predicted molar refractivity (Wildman–Crippen MR) is 176 cm³/mol. The zero-order chi connectivity index (χ0) is 31.2. The van der Waals surface area contributed by atoms with Crippen LogP contribution in [0.2, 0.25) is 0 Å². The van der Waals surface area contributed by atoms with Gasteiger partial charge in [0.1, 0.15) is 0 Å². The van der Waals surface area contributed by atoms with Crippen molar-refractivity contribution in [2.24, 2.45) is 11.3 Å². The molecule has 1 fully saturated rings. The Morgan fingerprint density at radius 1 is 1.24 bits per heavy atom. The lowest BCUT2D eigenvalue weighted by Gasteiger charge is -2.39. The fourth-order valence-corrected chi connectivity index (χ4v) is 6.92. The van der Waals surface area contributed by atoms with E-state index in [0.717, 1.165) is 37.3 Å². The zero-order valence-corrected chi connectivity index (χ0v) is 27.2. The number of aromatic nitrogens is 1. The number of likely N-dealkylation sites (N-methyl/N-ethyl adjacent to an activating group) is 1. The number of carbonyl (C=O) groups is 2. The summed E-state index contributed by atoms with van der Waals surface area (Å²) in [5, 5.41) is 5.42. The number of amides is 2. The molecule has 0 saturated carbocycles. The molecule has 2 amide bonds. The number of aromatic amines is 1. The minimum atomic E-state index is -2.98. The van der Waals surface area contributed by atoms with Crippen molar-refractivity contribution in [1.82, 2.24) is 20.5 Å². The molecule has 0 spiro atoms. The summed E-state index contributed by atoms with van der Waals surface area (Å²) < 4.78 is 22.2. The second-order valence-corrected chi connectivity index (χ2v) is 14.6. The van der Waals surface area contributed by atoms with E-state index < -0.39 is 15.8 Å². The number of nitrogens with one attached hydrogen (secondary N) is 3. The van der Waals surface area contributed by atoms with Gasteiger partial charge in [0.2, 0.25) is 0 Å². The Balaban J connectivity index is 1.78. The molecule has 42 heavy (non-hydrogen) atoms. The Labute approximate surface area is 253 Å². The van der Waals surface area contributed by atoms with Gasteiger partial charge in [-0.1, -0.05) is 65.0 Å². The summed E-state index contributed by atoms with van der Waals surface area (Å²) in [4.78, 5) is 31.5. The minimum absolute atomic E-state index is 0.0834. The van der Waals surface area contributed by atoms with Crippen LogP contribution in [0.5, 0.6) is 0 Å². The lowest BCUT2D eigenvalue weighted by Crippen LogP contribution is -2.35. The van der Waals surface area contributed by atoms with Crippen LogP contribution in [0.4, 0.5) is 0 Å². The second kappa shape index (κ2) is 14.1. The Kier molecular flexibility index (Phi) is 11.3. The molecule has 1 aliphatic carbocycles. The first-order valence-electron chi connectivity index (χ1n) is 14.9. The summed E-state index contributed by atoms with van der Waals surface area (Å²) in [6.07, 6.45) is 12.5. The molecule has 3 rings (SSSR count). The van der Waals surface area contributed by atoms with Crippen molar-refractivity contribution in [2.75, 3.05) is 31.9 Å². The Morgan fingerprint density at radius 2 is 1.93 bits per heavy atom. The molecule has 1 saturated heterocycles. The van der Waals surface area contributed by atoms with Crippen LogP contribution in [-0.4, -0.2) is 68.0 Å². The lowest BCUT2D eigenvalue weighted by atomic mass is 9.79. The molecular weight excluding hydrogens is 548 g/mol. The summed E-state index contributed by atoms with van der Waals surface area (Å²) in [5.74, 6) is 0.0513. The average Bonchev–Trinajstić information content (AvgIpc) is 3.39. The summed E-state index contributed by atoms with van der Waals surface area (Å²) in [6.45, 7) is 21.6. The number of hydrogen-bond donors (Lipinski definition) is 5. The molecule has 2 aliphatic rings. The predicted octanol–water partition coefficient (Wildman–Crippen LogP) is 6.34. The standard InChI is InChI=1S/C33H50N4O4S/c1-9-24(33(6,7)8)14-12-13-19-42(40,41)25-15-16-28-26(20-25)27(31(38)36-28)21-29-22(4)30(23(5)35-29)32(39)34-17-18-37(10-2)11-3/h9,12-13,16,20-21,24-25,35,40-41H,1,10-11,14-15,17-19H2,2-8H3,(H,34,39)(H,36,38). The molecule has 5 N–H and O–H groups in total. The molecular formula is C33H50N4O4S. The molecule has 2 heterocycles. The fraction of sp³-hybridized carbons (Fsp3) is 0.515. The number of aryl methyl sites for hydroxylation is 1. The lowest BCUT2D eigenvalue weighted by molar-refractivity contribution is -0.115. The third kappa shape index (κ3) is 7.95. The molecule has 1 aliphatic heterocycles. The van der Waals surface area contributed by atoms with Crippen LogP contribution in [0.3, 0.4) is 0 Å². The van der Waals surface area contributed by atoms with Gasteiger partial charge in [0.05, 0.1) is 22.1 Å². The molecule has 2 atom stereocenters. The van der Waals surface area contributed by atoms with Gasteiger partial charge < -0.3 is 20.5 Å². The maximum absolute atomic E-state index is 13.0. The number of carbonyl (C=O) groups excluding carboxylic acids is 2. The summed E-state index contributed by atoms with van der Waals surface area (Å²) >= 11 is 0. The number of H-pyrrole nitrogens is 1. The van der Waals surface area contributed by atoms with E-state index in [1.165, 1.54) is 0 Å². The third-order valence-electron chi connectivity index (χ3n) is 8.36. The van der Waals surface area contributed by atoms with Gasteiger partial charge in [-0.15, -0.1) is 6.58 Å². The van der Waals surface area contributed by atoms with Crippen molar-refractivity contribution < 1.29 is 18.7 Å². The van der Waals surface area contributed by atoms with Gasteiger partial charge in [-0.3, -0.25) is 18.7 Å². The highest BCUT2D eigenvalue weighted by molar-refractivity contribution is 8.25. The molecule has 9 heteroatoms. The molecule has 8 nitrogen and oxygen atoms in total. The van der Waals surface area contributed by atoms with Crippen molar-refractivity contribution in [3.8, 4) is 0 Å². The monoisotopic (exact) mass is 598 g/mol. The Hall–Kier alpha value is -2.85. The molecule has 232 valence electrons. The number of nitrogens with zero attached hydrogens (tertiary/aromatic N) is 1. The normalized spacial score (nSPS) is 19.5. The highest BCUT2D eigenvalue weighted by Crippen LogP contribution is 2.50. The molecule has 0 radical (unpaired) electrons. The van der Waals surface area contributed by atoms with Gasteiger partial charge in [-0.05, 0) is 62.8 Å². The van der Waals surface area contributed by atoms with Crippen LogP contribution in [0.1, 0.15) is 74.8 Å². The maximum Gasteiger partial charge on any atom is 0.256 e. The van der Waals surface area contributed by atoms with Crippen molar-refractivity contribution in [3.63, 3.8) is 0 Å². The first kappa shape index (κ1) is 33.6. The topological polar surface area (TPSA) is 118 Å². The molecule has 0 bridgehead atoms. The van der Waals surface area contributed by atoms with Crippen LogP contribution in [-0.2, 0) is 4.79 Å². The number of allylic oxidation sites excluding steroid dienone is 4. The van der Waals surface area contributed by atoms with E-state index in [0.29, 0.717) is 47.0 Å². The second-order valence-electron chi connectivity index (χ2n) is 12.2. The van der Waals surface area contributed by atoms with E-state index in [-0.39, 0.29) is 23.0 Å². The van der Waals surface area contributed by atoms with Gasteiger partial charge in [0.25, 0.3) is 11.8 Å². The number of fused-ring (bicyclic) bond motifs is 1. The van der Waals surface area contributed by atoms with Crippen LogP contribution in [0, 0.1) is 25.2 Å². The smallest absolute Gasteiger partial charge is 0.256 e. The summed E-state index contributed by atoms with van der Waals surface area (Å²) in [5.41, 5.74) is 4.63. The Morgan fingerprint density at radius 3 is 2.55 bits per heavy atom. The zero-order valence-electron chi connectivity index (χ0n) is 26.3. The number of rotatable bonds is 13. The van der Waals surface area contributed by atoms with Crippen molar-refractivity contribution in [3.05, 3.63) is 76.3 Å².